The zero-order valence-corrected chi connectivity index (χ0v) is 13.7. The predicted octanol–water partition coefficient (Wildman–Crippen LogP) is 3.31. The molecule has 0 bridgehead atoms. The number of rotatable bonds is 5. The molecule has 0 saturated heterocycles. The molecule has 1 heterocycles. The largest absolute Gasteiger partial charge is 0.378 e. The van der Waals surface area contributed by atoms with Crippen LogP contribution in [0.15, 0.2) is 16.6 Å². The Morgan fingerprint density at radius 1 is 1.45 bits per heavy atom. The number of hydrogen-bond donors (Lipinski definition) is 2. The standard InChI is InChI=1S/C15H21BrN2O2/c1-4-9(3)8-18(5-2)13-7-12-10(6-11(13)16)14(19)15(20)17-12/h6-7,9,14,19H,4-5,8H2,1-3H3,(H,17,20). The first-order valence-corrected chi connectivity index (χ1v) is 7.84. The van der Waals surface area contributed by atoms with Gasteiger partial charge in [0.25, 0.3) is 5.91 Å². The Hall–Kier alpha value is -1.07. The van der Waals surface area contributed by atoms with Crippen LogP contribution in [0.4, 0.5) is 11.4 Å². The Morgan fingerprint density at radius 3 is 2.75 bits per heavy atom. The number of fused-ring (bicyclic) bond motifs is 1. The topological polar surface area (TPSA) is 52.6 Å². The molecule has 0 aromatic heterocycles. The minimum Gasteiger partial charge on any atom is -0.378 e. The lowest BCUT2D eigenvalue weighted by Crippen LogP contribution is -2.28. The van der Waals surface area contributed by atoms with Crippen molar-refractivity contribution in [2.24, 2.45) is 5.92 Å². The fourth-order valence-electron chi connectivity index (χ4n) is 2.40. The lowest BCUT2D eigenvalue weighted by molar-refractivity contribution is -0.123. The predicted molar refractivity (Wildman–Crippen MR) is 85.1 cm³/mol. The first-order valence-electron chi connectivity index (χ1n) is 7.05. The van der Waals surface area contributed by atoms with E-state index in [9.17, 15) is 9.90 Å². The van der Waals surface area contributed by atoms with Crippen LogP contribution in [-0.2, 0) is 4.79 Å². The van der Waals surface area contributed by atoms with E-state index in [4.69, 9.17) is 0 Å². The number of nitrogens with one attached hydrogen (secondary N) is 1. The zero-order valence-electron chi connectivity index (χ0n) is 12.1. The molecule has 1 aliphatic rings. The molecule has 0 fully saturated rings. The summed E-state index contributed by atoms with van der Waals surface area (Å²) in [5.74, 6) is 0.254. The van der Waals surface area contributed by atoms with Crippen molar-refractivity contribution in [3.8, 4) is 0 Å². The minimum atomic E-state index is -1.06. The lowest BCUT2D eigenvalue weighted by atomic mass is 10.1. The number of aliphatic hydroxyl groups is 1. The number of amides is 1. The molecule has 1 aromatic carbocycles. The van der Waals surface area contributed by atoms with E-state index in [1.54, 1.807) is 0 Å². The van der Waals surface area contributed by atoms with Gasteiger partial charge in [-0.25, -0.2) is 0 Å². The second-order valence-corrected chi connectivity index (χ2v) is 6.19. The van der Waals surface area contributed by atoms with Crippen molar-refractivity contribution in [2.45, 2.75) is 33.3 Å². The average Bonchev–Trinajstić information content (AvgIpc) is 2.70. The second-order valence-electron chi connectivity index (χ2n) is 5.33. The smallest absolute Gasteiger partial charge is 0.257 e. The molecule has 0 radical (unpaired) electrons. The van der Waals surface area contributed by atoms with Gasteiger partial charge in [-0.3, -0.25) is 4.79 Å². The van der Waals surface area contributed by atoms with Gasteiger partial charge >= 0.3 is 0 Å². The van der Waals surface area contributed by atoms with E-state index < -0.39 is 6.10 Å². The van der Waals surface area contributed by atoms with Gasteiger partial charge in [0.05, 0.1) is 5.69 Å². The Morgan fingerprint density at radius 2 is 2.15 bits per heavy atom. The van der Waals surface area contributed by atoms with E-state index in [1.807, 2.05) is 12.1 Å². The molecule has 2 atom stereocenters. The molecule has 110 valence electrons. The molecule has 20 heavy (non-hydrogen) atoms. The van der Waals surface area contributed by atoms with Crippen molar-refractivity contribution >= 4 is 33.2 Å². The Kier molecular flexibility index (Phi) is 4.70. The Labute approximate surface area is 128 Å². The number of carbonyl (C=O) groups excluding carboxylic acids is 1. The van der Waals surface area contributed by atoms with Crippen LogP contribution < -0.4 is 10.2 Å². The lowest BCUT2D eigenvalue weighted by Gasteiger charge is -2.27. The average molecular weight is 341 g/mol. The molecule has 2 unspecified atom stereocenters. The number of hydrogen-bond acceptors (Lipinski definition) is 3. The Balaban J connectivity index is 2.33. The summed E-state index contributed by atoms with van der Waals surface area (Å²) in [6.45, 7) is 8.41. The molecular formula is C15H21BrN2O2. The van der Waals surface area contributed by atoms with Gasteiger partial charge in [0.2, 0.25) is 0 Å². The molecule has 5 heteroatoms. The van der Waals surface area contributed by atoms with Gasteiger partial charge in [0, 0.05) is 28.8 Å². The molecular weight excluding hydrogens is 320 g/mol. The maximum atomic E-state index is 11.5. The third kappa shape index (κ3) is 2.83. The number of nitrogens with zero attached hydrogens (tertiary/aromatic N) is 1. The highest BCUT2D eigenvalue weighted by Crippen LogP contribution is 2.39. The summed E-state index contributed by atoms with van der Waals surface area (Å²) < 4.78 is 0.914. The van der Waals surface area contributed by atoms with Crippen molar-refractivity contribution in [1.29, 1.82) is 0 Å². The third-order valence-electron chi connectivity index (χ3n) is 3.87. The quantitative estimate of drug-likeness (QED) is 0.864. The van der Waals surface area contributed by atoms with Crippen molar-refractivity contribution in [3.63, 3.8) is 0 Å². The number of carbonyl (C=O) groups is 1. The van der Waals surface area contributed by atoms with Crippen LogP contribution in [0.3, 0.4) is 0 Å². The van der Waals surface area contributed by atoms with Crippen LogP contribution in [0.25, 0.3) is 0 Å². The molecule has 2 rings (SSSR count). The van der Waals surface area contributed by atoms with Crippen molar-refractivity contribution < 1.29 is 9.90 Å². The highest BCUT2D eigenvalue weighted by atomic mass is 79.9. The fourth-order valence-corrected chi connectivity index (χ4v) is 3.01. The van der Waals surface area contributed by atoms with Gasteiger partial charge in [0.15, 0.2) is 6.10 Å². The highest BCUT2D eigenvalue weighted by Gasteiger charge is 2.30. The van der Waals surface area contributed by atoms with E-state index in [0.717, 1.165) is 29.7 Å². The van der Waals surface area contributed by atoms with Crippen LogP contribution in [-0.4, -0.2) is 24.1 Å². The monoisotopic (exact) mass is 340 g/mol. The molecule has 0 aliphatic carbocycles. The number of anilines is 2. The van der Waals surface area contributed by atoms with Gasteiger partial charge in [-0.1, -0.05) is 20.3 Å². The maximum Gasteiger partial charge on any atom is 0.257 e. The van der Waals surface area contributed by atoms with Crippen molar-refractivity contribution in [3.05, 3.63) is 22.2 Å². The third-order valence-corrected chi connectivity index (χ3v) is 4.51. The summed E-state index contributed by atoms with van der Waals surface area (Å²) in [5, 5.41) is 12.5. The van der Waals surface area contributed by atoms with Crippen LogP contribution in [0.5, 0.6) is 0 Å². The second kappa shape index (κ2) is 6.14. The molecule has 2 N–H and O–H groups in total. The summed E-state index contributed by atoms with van der Waals surface area (Å²) in [7, 11) is 0. The summed E-state index contributed by atoms with van der Waals surface area (Å²) >= 11 is 3.56. The van der Waals surface area contributed by atoms with Gasteiger partial charge in [-0.15, -0.1) is 0 Å². The van der Waals surface area contributed by atoms with Gasteiger partial charge < -0.3 is 15.3 Å². The molecule has 1 amide bonds. The summed E-state index contributed by atoms with van der Waals surface area (Å²) in [5.41, 5.74) is 2.41. The molecule has 0 saturated carbocycles. The Bertz CT molecular complexity index is 519. The van der Waals surface area contributed by atoms with Crippen LogP contribution in [0.2, 0.25) is 0 Å². The zero-order chi connectivity index (χ0) is 14.9. The van der Waals surface area contributed by atoms with Gasteiger partial charge in [-0.05, 0) is 40.9 Å². The van der Waals surface area contributed by atoms with E-state index in [2.05, 4.69) is 46.9 Å². The van der Waals surface area contributed by atoms with E-state index in [1.165, 1.54) is 0 Å². The number of halogens is 1. The van der Waals surface area contributed by atoms with Crippen LogP contribution >= 0.6 is 15.9 Å². The van der Waals surface area contributed by atoms with Gasteiger partial charge in [-0.2, -0.15) is 0 Å². The number of benzene rings is 1. The van der Waals surface area contributed by atoms with Crippen LogP contribution in [0, 0.1) is 5.92 Å². The summed E-state index contributed by atoms with van der Waals surface area (Å²) in [6.07, 6.45) is 0.0779. The maximum absolute atomic E-state index is 11.5. The summed E-state index contributed by atoms with van der Waals surface area (Å²) in [4.78, 5) is 13.8. The van der Waals surface area contributed by atoms with E-state index in [-0.39, 0.29) is 5.91 Å². The molecule has 4 nitrogen and oxygen atoms in total. The molecule has 0 spiro atoms. The van der Waals surface area contributed by atoms with E-state index >= 15 is 0 Å². The number of aliphatic hydroxyl groups excluding tert-OH is 1. The SMILES string of the molecule is CCC(C)CN(CC)c1cc2c(cc1Br)C(O)C(=O)N2. The minimum absolute atomic E-state index is 0.353. The van der Waals surface area contributed by atoms with Gasteiger partial charge in [0.1, 0.15) is 0 Å². The molecule has 1 aromatic rings. The normalized spacial score (nSPS) is 18.6. The van der Waals surface area contributed by atoms with Crippen molar-refractivity contribution in [2.75, 3.05) is 23.3 Å². The first kappa shape index (κ1) is 15.3. The first-order chi connectivity index (χ1) is 9.47. The van der Waals surface area contributed by atoms with E-state index in [0.29, 0.717) is 17.2 Å². The molecule has 1 aliphatic heterocycles. The highest BCUT2D eigenvalue weighted by molar-refractivity contribution is 9.10. The fraction of sp³-hybridized carbons (Fsp3) is 0.533. The summed E-state index contributed by atoms with van der Waals surface area (Å²) in [6, 6.07) is 3.78. The van der Waals surface area contributed by atoms with Crippen molar-refractivity contribution in [1.82, 2.24) is 0 Å². The van der Waals surface area contributed by atoms with Crippen LogP contribution in [0.1, 0.15) is 38.9 Å².